The summed E-state index contributed by atoms with van der Waals surface area (Å²) in [6.07, 6.45) is -7.22. The van der Waals surface area contributed by atoms with Crippen LogP contribution in [-0.4, -0.2) is 73.6 Å². The fourth-order valence-corrected chi connectivity index (χ4v) is 4.70. The number of hydrogen-bond donors (Lipinski definition) is 0. The maximum Gasteiger partial charge on any atom is 0.332 e. The Kier molecular flexibility index (Phi) is 9.17. The number of halogens is 1. The van der Waals surface area contributed by atoms with Gasteiger partial charge >= 0.3 is 29.6 Å². The third-order valence-electron chi connectivity index (χ3n) is 5.87. The zero-order chi connectivity index (χ0) is 29.2. The molecule has 214 valence electrons. The average Bonchev–Trinajstić information content (AvgIpc) is 3.16. The topological polar surface area (TPSA) is 176 Å². The van der Waals surface area contributed by atoms with Crippen molar-refractivity contribution in [1.82, 2.24) is 18.7 Å². The molecule has 0 spiro atoms. The molecular formula is C23H29ClN4O11. The fourth-order valence-electron chi connectivity index (χ4n) is 4.44. The minimum absolute atomic E-state index is 0.0228. The molecule has 5 atom stereocenters. The number of aromatic nitrogens is 4. The molecule has 39 heavy (non-hydrogen) atoms. The molecular weight excluding hydrogens is 544 g/mol. The van der Waals surface area contributed by atoms with Crippen molar-refractivity contribution in [1.29, 1.82) is 0 Å². The number of ether oxygens (including phenoxy) is 5. The predicted octanol–water partition coefficient (Wildman–Crippen LogP) is 0.309. The van der Waals surface area contributed by atoms with Gasteiger partial charge in [-0.15, -0.1) is 0 Å². The van der Waals surface area contributed by atoms with E-state index in [1.807, 2.05) is 0 Å². The third-order valence-corrected chi connectivity index (χ3v) is 6.13. The van der Waals surface area contributed by atoms with Gasteiger partial charge in [0.05, 0.1) is 0 Å². The summed E-state index contributed by atoms with van der Waals surface area (Å²) in [6.45, 7) is 7.37. The van der Waals surface area contributed by atoms with Gasteiger partial charge in [0.2, 0.25) is 5.28 Å². The number of rotatable bonds is 8. The minimum atomic E-state index is -1.53. The number of carbonyl (C=O) groups is 4. The van der Waals surface area contributed by atoms with Crippen LogP contribution >= 0.6 is 11.6 Å². The van der Waals surface area contributed by atoms with Crippen molar-refractivity contribution in [2.24, 2.45) is 0 Å². The molecule has 16 heteroatoms. The zero-order valence-corrected chi connectivity index (χ0v) is 22.9. The highest BCUT2D eigenvalue weighted by Gasteiger charge is 2.53. The van der Waals surface area contributed by atoms with Crippen molar-refractivity contribution in [3.05, 3.63) is 26.1 Å². The summed E-state index contributed by atoms with van der Waals surface area (Å²) in [5.41, 5.74) is -1.59. The Balaban J connectivity index is 2.35. The quantitative estimate of drug-likeness (QED) is 0.241. The van der Waals surface area contributed by atoms with Gasteiger partial charge in [-0.05, 0) is 25.4 Å². The van der Waals surface area contributed by atoms with Crippen molar-refractivity contribution in [3.63, 3.8) is 0 Å². The smallest absolute Gasteiger partial charge is 0.332 e. The van der Waals surface area contributed by atoms with E-state index in [1.54, 1.807) is 13.8 Å². The van der Waals surface area contributed by atoms with E-state index >= 15 is 0 Å². The Hall–Kier alpha value is -3.72. The van der Waals surface area contributed by atoms with Crippen LogP contribution in [-0.2, 0) is 56.0 Å². The van der Waals surface area contributed by atoms with Crippen LogP contribution in [0.3, 0.4) is 0 Å². The summed E-state index contributed by atoms with van der Waals surface area (Å²) in [4.78, 5) is 78.4. The lowest BCUT2D eigenvalue weighted by Crippen LogP contribution is -2.60. The minimum Gasteiger partial charge on any atom is -0.463 e. The summed E-state index contributed by atoms with van der Waals surface area (Å²) in [6, 6.07) is 0. The molecule has 0 aliphatic carbocycles. The summed E-state index contributed by atoms with van der Waals surface area (Å²) in [5, 5.41) is -0.321. The molecule has 3 rings (SSSR count). The number of hydrogen-bond acceptors (Lipinski definition) is 12. The highest BCUT2D eigenvalue weighted by Crippen LogP contribution is 2.37. The third kappa shape index (κ3) is 5.98. The Labute approximate surface area is 226 Å². The molecule has 15 nitrogen and oxygen atoms in total. The summed E-state index contributed by atoms with van der Waals surface area (Å²) in [5.74, 6) is -3.14. The SMILES string of the molecule is CCn1c(=O)c2c(nc(Cl)n2[C@@H]2O[C@@H](COC(C)=O)[C@@H](OC(C)=O)[C@@H](OC(C)=O)[C@@H]2OC(C)=O)n(CC)c1=O. The summed E-state index contributed by atoms with van der Waals surface area (Å²) < 4.78 is 30.8. The number of fused-ring (bicyclic) bond motifs is 1. The molecule has 0 aromatic carbocycles. The first-order chi connectivity index (χ1) is 18.3. The van der Waals surface area contributed by atoms with Crippen molar-refractivity contribution >= 4 is 46.6 Å². The molecule has 0 radical (unpaired) electrons. The van der Waals surface area contributed by atoms with Crippen LogP contribution in [0.2, 0.25) is 5.28 Å². The highest BCUT2D eigenvalue weighted by atomic mass is 35.5. The number of nitrogens with zero attached hydrogens (tertiary/aromatic N) is 4. The number of esters is 4. The van der Waals surface area contributed by atoms with Crippen LogP contribution in [0.5, 0.6) is 0 Å². The van der Waals surface area contributed by atoms with E-state index in [0.29, 0.717) is 0 Å². The first-order valence-corrected chi connectivity index (χ1v) is 12.4. The fraction of sp³-hybridized carbons (Fsp3) is 0.609. The van der Waals surface area contributed by atoms with Gasteiger partial charge in [0.1, 0.15) is 12.7 Å². The van der Waals surface area contributed by atoms with Gasteiger partial charge in [0, 0.05) is 40.8 Å². The standard InChI is InChI=1S/C23H29ClN4O11/c1-7-26-19-15(20(33)27(8-2)23(26)34)28(22(24)25-19)21-18(38-13(6)32)17(37-12(5)31)16(36-11(4)30)14(39-21)9-35-10(3)29/h14,16-18,21H,7-9H2,1-6H3/t14-,16+,17+,18-,21+/m0/s1. The van der Waals surface area contributed by atoms with E-state index in [9.17, 15) is 28.8 Å². The Morgan fingerprint density at radius 1 is 0.846 bits per heavy atom. The van der Waals surface area contributed by atoms with Gasteiger partial charge in [-0.25, -0.2) is 4.79 Å². The first-order valence-electron chi connectivity index (χ1n) is 12.0. The number of carbonyl (C=O) groups excluding carboxylic acids is 4. The Morgan fingerprint density at radius 3 is 1.90 bits per heavy atom. The molecule has 0 bridgehead atoms. The summed E-state index contributed by atoms with van der Waals surface area (Å²) in [7, 11) is 0. The van der Waals surface area contributed by atoms with Gasteiger partial charge in [-0.3, -0.25) is 37.7 Å². The van der Waals surface area contributed by atoms with Crippen LogP contribution in [0.15, 0.2) is 9.59 Å². The molecule has 0 unspecified atom stereocenters. The first kappa shape index (κ1) is 29.8. The van der Waals surface area contributed by atoms with Gasteiger partial charge in [0.15, 0.2) is 35.7 Å². The van der Waals surface area contributed by atoms with Crippen molar-refractivity contribution in [2.45, 2.75) is 85.3 Å². The molecule has 0 amide bonds. The van der Waals surface area contributed by atoms with Crippen molar-refractivity contribution < 1.29 is 42.9 Å². The van der Waals surface area contributed by atoms with E-state index in [1.165, 1.54) is 4.57 Å². The second kappa shape index (κ2) is 12.0. The lowest BCUT2D eigenvalue weighted by Gasteiger charge is -2.44. The van der Waals surface area contributed by atoms with Gasteiger partial charge in [-0.1, -0.05) is 0 Å². The zero-order valence-electron chi connectivity index (χ0n) is 22.2. The largest absolute Gasteiger partial charge is 0.463 e. The van der Waals surface area contributed by atoms with E-state index in [-0.39, 0.29) is 29.5 Å². The maximum atomic E-state index is 13.5. The molecule has 1 aliphatic heterocycles. The van der Waals surface area contributed by atoms with Gasteiger partial charge in [-0.2, -0.15) is 4.98 Å². The average molecular weight is 573 g/mol. The molecule has 0 N–H and O–H groups in total. The van der Waals surface area contributed by atoms with Crippen LogP contribution in [0.4, 0.5) is 0 Å². The lowest BCUT2D eigenvalue weighted by molar-refractivity contribution is -0.267. The molecule has 2 aromatic rings. The lowest BCUT2D eigenvalue weighted by atomic mass is 9.97. The normalized spacial score (nSPS) is 22.8. The Morgan fingerprint density at radius 2 is 1.38 bits per heavy atom. The highest BCUT2D eigenvalue weighted by molar-refractivity contribution is 6.29. The van der Waals surface area contributed by atoms with Crippen molar-refractivity contribution in [2.75, 3.05) is 6.61 Å². The predicted molar refractivity (Wildman–Crippen MR) is 132 cm³/mol. The molecule has 2 aromatic heterocycles. The van der Waals surface area contributed by atoms with Crippen LogP contribution in [0.1, 0.15) is 47.8 Å². The Bertz CT molecular complexity index is 1410. The second-order valence-electron chi connectivity index (χ2n) is 8.59. The summed E-state index contributed by atoms with van der Waals surface area (Å²) >= 11 is 6.49. The number of imidazole rings is 1. The van der Waals surface area contributed by atoms with Crippen molar-refractivity contribution in [3.8, 4) is 0 Å². The maximum absolute atomic E-state index is 13.5. The van der Waals surface area contributed by atoms with E-state index < -0.39 is 72.4 Å². The second-order valence-corrected chi connectivity index (χ2v) is 8.93. The molecule has 0 saturated carbocycles. The molecule has 1 saturated heterocycles. The monoisotopic (exact) mass is 572 g/mol. The van der Waals surface area contributed by atoms with E-state index in [0.717, 1.165) is 36.8 Å². The molecule has 3 heterocycles. The van der Waals surface area contributed by atoms with E-state index in [4.69, 9.17) is 35.3 Å². The van der Waals surface area contributed by atoms with Crippen LogP contribution in [0.25, 0.3) is 11.2 Å². The molecule has 1 aliphatic rings. The molecule has 1 fully saturated rings. The van der Waals surface area contributed by atoms with Crippen LogP contribution in [0, 0.1) is 0 Å². The van der Waals surface area contributed by atoms with Crippen LogP contribution < -0.4 is 11.2 Å². The van der Waals surface area contributed by atoms with Gasteiger partial charge < -0.3 is 23.7 Å². The van der Waals surface area contributed by atoms with E-state index in [2.05, 4.69) is 4.98 Å². The number of aryl methyl sites for hydroxylation is 1. The van der Waals surface area contributed by atoms with Gasteiger partial charge in [0.25, 0.3) is 5.56 Å².